The van der Waals surface area contributed by atoms with Crippen LogP contribution in [0.2, 0.25) is 0 Å². The van der Waals surface area contributed by atoms with Crippen LogP contribution in [0.1, 0.15) is 5.01 Å². The largest absolute Gasteiger partial charge is 0.445 e. The molecule has 74 valence electrons. The first-order valence-electron chi connectivity index (χ1n) is 3.18. The van der Waals surface area contributed by atoms with Crippen molar-refractivity contribution in [2.24, 2.45) is 0 Å². The van der Waals surface area contributed by atoms with Crippen molar-refractivity contribution in [2.45, 2.75) is 10.5 Å². The number of nitrogens with zero attached hydrogens (tertiary/aromatic N) is 2. The molecule has 0 aliphatic heterocycles. The normalized spacial score (nSPS) is 12.0. The van der Waals surface area contributed by atoms with Gasteiger partial charge in [0.1, 0.15) is 0 Å². The van der Waals surface area contributed by atoms with Crippen LogP contribution in [0.4, 0.5) is 13.2 Å². The van der Waals surface area contributed by atoms with Gasteiger partial charge in [-0.2, -0.15) is 13.2 Å². The highest BCUT2D eigenvalue weighted by Crippen LogP contribution is 2.34. The highest BCUT2D eigenvalue weighted by atomic mass is 32.2. The standard InChI is InChI=1S/C5H5F3N2OS2/c6-5(7,8)3-9-10-4(13-3)12-2-1-11/h11H,1-2H2. The van der Waals surface area contributed by atoms with E-state index in [1.165, 1.54) is 0 Å². The van der Waals surface area contributed by atoms with Gasteiger partial charge in [0.25, 0.3) is 0 Å². The maximum atomic E-state index is 12.0. The number of rotatable bonds is 3. The molecule has 0 radical (unpaired) electrons. The van der Waals surface area contributed by atoms with E-state index in [0.717, 1.165) is 11.8 Å². The molecule has 13 heavy (non-hydrogen) atoms. The van der Waals surface area contributed by atoms with Crippen LogP contribution in [0.3, 0.4) is 0 Å². The summed E-state index contributed by atoms with van der Waals surface area (Å²) in [5.41, 5.74) is 0. The van der Waals surface area contributed by atoms with Gasteiger partial charge in [0.15, 0.2) is 4.34 Å². The molecule has 3 nitrogen and oxygen atoms in total. The Bertz CT molecular complexity index is 275. The summed E-state index contributed by atoms with van der Waals surface area (Å²) in [4.78, 5) is 0. The molecule has 0 saturated carbocycles. The average Bonchev–Trinajstić information content (AvgIpc) is 2.47. The zero-order valence-corrected chi connectivity index (χ0v) is 7.84. The Hall–Kier alpha value is -0.340. The van der Waals surface area contributed by atoms with E-state index in [9.17, 15) is 13.2 Å². The van der Waals surface area contributed by atoms with Gasteiger partial charge in [-0.25, -0.2) is 0 Å². The van der Waals surface area contributed by atoms with Crippen molar-refractivity contribution < 1.29 is 18.3 Å². The van der Waals surface area contributed by atoms with Crippen LogP contribution < -0.4 is 0 Å². The Labute approximate surface area is 80.0 Å². The van der Waals surface area contributed by atoms with Crippen LogP contribution in [0.5, 0.6) is 0 Å². The fourth-order valence-corrected chi connectivity index (χ4v) is 2.05. The van der Waals surface area contributed by atoms with Crippen molar-refractivity contribution >= 4 is 23.1 Å². The zero-order valence-electron chi connectivity index (χ0n) is 6.21. The molecule has 0 unspecified atom stereocenters. The summed E-state index contributed by atoms with van der Waals surface area (Å²) in [6.07, 6.45) is -4.42. The molecule has 0 aromatic carbocycles. The molecular formula is C5H5F3N2OS2. The third-order valence-electron chi connectivity index (χ3n) is 0.966. The van der Waals surface area contributed by atoms with Crippen molar-refractivity contribution in [2.75, 3.05) is 12.4 Å². The predicted octanol–water partition coefficient (Wildman–Crippen LogP) is 1.64. The van der Waals surface area contributed by atoms with Gasteiger partial charge in [-0.3, -0.25) is 0 Å². The molecule has 0 fully saturated rings. The third-order valence-corrected chi connectivity index (χ3v) is 3.05. The molecule has 1 N–H and O–H groups in total. The van der Waals surface area contributed by atoms with Crippen LogP contribution in [0.15, 0.2) is 4.34 Å². The lowest BCUT2D eigenvalue weighted by Gasteiger charge is -1.97. The Balaban J connectivity index is 2.64. The van der Waals surface area contributed by atoms with Gasteiger partial charge in [0.05, 0.1) is 6.61 Å². The molecular weight excluding hydrogens is 225 g/mol. The molecule has 8 heteroatoms. The van der Waals surface area contributed by atoms with E-state index in [0.29, 0.717) is 17.1 Å². The Morgan fingerprint density at radius 2 is 2.08 bits per heavy atom. The minimum atomic E-state index is -4.42. The molecule has 1 aromatic rings. The van der Waals surface area contributed by atoms with E-state index < -0.39 is 11.2 Å². The molecule has 0 aliphatic carbocycles. The van der Waals surface area contributed by atoms with Gasteiger partial charge >= 0.3 is 6.18 Å². The molecule has 0 aliphatic rings. The molecule has 0 atom stereocenters. The number of hydrogen-bond acceptors (Lipinski definition) is 5. The molecule has 0 bridgehead atoms. The molecule has 1 rings (SSSR count). The first-order valence-corrected chi connectivity index (χ1v) is 4.98. The minimum absolute atomic E-state index is 0.0917. The van der Waals surface area contributed by atoms with Crippen molar-refractivity contribution in [3.8, 4) is 0 Å². The fourth-order valence-electron chi connectivity index (χ4n) is 0.516. The quantitative estimate of drug-likeness (QED) is 0.802. The number of alkyl halides is 3. The monoisotopic (exact) mass is 230 g/mol. The van der Waals surface area contributed by atoms with Gasteiger partial charge < -0.3 is 5.11 Å². The van der Waals surface area contributed by atoms with Crippen LogP contribution in [-0.2, 0) is 6.18 Å². The van der Waals surface area contributed by atoms with Crippen LogP contribution in [0.25, 0.3) is 0 Å². The Morgan fingerprint density at radius 1 is 1.38 bits per heavy atom. The first-order chi connectivity index (χ1) is 6.04. The van der Waals surface area contributed by atoms with E-state index in [4.69, 9.17) is 5.11 Å². The number of aliphatic hydroxyl groups excluding tert-OH is 1. The lowest BCUT2D eigenvalue weighted by Crippen LogP contribution is -2.03. The van der Waals surface area contributed by atoms with Gasteiger partial charge in [0, 0.05) is 5.75 Å². The van der Waals surface area contributed by atoms with E-state index in [1.54, 1.807) is 0 Å². The maximum absolute atomic E-state index is 12.0. The van der Waals surface area contributed by atoms with Gasteiger partial charge in [0.2, 0.25) is 5.01 Å². The number of hydrogen-bond donors (Lipinski definition) is 1. The second-order valence-corrected chi connectivity index (χ2v) is 4.26. The van der Waals surface area contributed by atoms with E-state index in [-0.39, 0.29) is 10.9 Å². The van der Waals surface area contributed by atoms with Gasteiger partial charge in [-0.1, -0.05) is 23.1 Å². The van der Waals surface area contributed by atoms with Crippen molar-refractivity contribution in [1.82, 2.24) is 10.2 Å². The lowest BCUT2D eigenvalue weighted by atomic mass is 10.7. The van der Waals surface area contributed by atoms with E-state index in [1.807, 2.05) is 0 Å². The number of aromatic nitrogens is 2. The highest BCUT2D eigenvalue weighted by Gasteiger charge is 2.35. The smallest absolute Gasteiger partial charge is 0.396 e. The van der Waals surface area contributed by atoms with Crippen molar-refractivity contribution in [1.29, 1.82) is 0 Å². The van der Waals surface area contributed by atoms with Gasteiger partial charge in [-0.15, -0.1) is 10.2 Å². The second kappa shape index (κ2) is 4.25. The summed E-state index contributed by atoms with van der Waals surface area (Å²) < 4.78 is 36.1. The van der Waals surface area contributed by atoms with Crippen molar-refractivity contribution in [3.63, 3.8) is 0 Å². The Kier molecular flexibility index (Phi) is 3.51. The molecule has 1 heterocycles. The second-order valence-electron chi connectivity index (χ2n) is 1.94. The maximum Gasteiger partial charge on any atom is 0.445 e. The summed E-state index contributed by atoms with van der Waals surface area (Å²) in [7, 11) is 0. The first kappa shape index (κ1) is 10.7. The Morgan fingerprint density at radius 3 is 2.54 bits per heavy atom. The van der Waals surface area contributed by atoms with Crippen LogP contribution >= 0.6 is 23.1 Å². The summed E-state index contributed by atoms with van der Waals surface area (Å²) in [6.45, 7) is -0.0917. The minimum Gasteiger partial charge on any atom is -0.396 e. The number of halogens is 3. The fraction of sp³-hybridized carbons (Fsp3) is 0.600. The molecule has 0 amide bonds. The number of aliphatic hydroxyl groups is 1. The van der Waals surface area contributed by atoms with Crippen LogP contribution in [-0.4, -0.2) is 27.7 Å². The lowest BCUT2D eigenvalue weighted by molar-refractivity contribution is -0.138. The van der Waals surface area contributed by atoms with Crippen molar-refractivity contribution in [3.05, 3.63) is 5.01 Å². The topological polar surface area (TPSA) is 46.0 Å². The summed E-state index contributed by atoms with van der Waals surface area (Å²) >= 11 is 1.54. The highest BCUT2D eigenvalue weighted by molar-refractivity contribution is 8.01. The van der Waals surface area contributed by atoms with E-state index in [2.05, 4.69) is 10.2 Å². The molecule has 0 spiro atoms. The van der Waals surface area contributed by atoms with Crippen LogP contribution in [0, 0.1) is 0 Å². The van der Waals surface area contributed by atoms with Gasteiger partial charge in [-0.05, 0) is 0 Å². The third kappa shape index (κ3) is 3.12. The molecule has 1 aromatic heterocycles. The summed E-state index contributed by atoms with van der Waals surface area (Å²) in [5, 5.41) is 13.8. The summed E-state index contributed by atoms with van der Waals surface area (Å²) in [5.74, 6) is 0.326. The van der Waals surface area contributed by atoms with E-state index >= 15 is 0 Å². The number of thioether (sulfide) groups is 1. The SMILES string of the molecule is OCCSc1nnc(C(F)(F)F)s1. The zero-order chi connectivity index (χ0) is 9.90. The average molecular weight is 230 g/mol. The predicted molar refractivity (Wildman–Crippen MR) is 42.7 cm³/mol. The summed E-state index contributed by atoms with van der Waals surface area (Å²) in [6, 6.07) is 0. The molecule has 0 saturated heterocycles.